The summed E-state index contributed by atoms with van der Waals surface area (Å²) in [6.07, 6.45) is 1.91. The van der Waals surface area contributed by atoms with Gasteiger partial charge in [-0.25, -0.2) is 0 Å². The number of rotatable bonds is 1. The first kappa shape index (κ1) is 11.5. The van der Waals surface area contributed by atoms with E-state index in [1.54, 1.807) is 0 Å². The molecule has 1 aliphatic rings. The van der Waals surface area contributed by atoms with Crippen LogP contribution in [0.2, 0.25) is 0 Å². The van der Waals surface area contributed by atoms with E-state index in [0.717, 1.165) is 12.8 Å². The van der Waals surface area contributed by atoms with Gasteiger partial charge in [-0.3, -0.25) is 4.79 Å². The third kappa shape index (κ3) is 2.71. The van der Waals surface area contributed by atoms with Gasteiger partial charge in [0.2, 0.25) is 0 Å². The second-order valence-electron chi connectivity index (χ2n) is 5.27. The second-order valence-corrected chi connectivity index (χ2v) is 5.27. The Morgan fingerprint density at radius 1 is 1.36 bits per heavy atom. The average molecular weight is 199 g/mol. The number of esters is 1. The fourth-order valence-electron chi connectivity index (χ4n) is 1.88. The SMILES string of the molecule is C[C@H]1CC[C@@H](C(=O)OC(C)(C)C)[C@H]1N. The molecule has 2 N–H and O–H groups in total. The maximum absolute atomic E-state index is 11.7. The summed E-state index contributed by atoms with van der Waals surface area (Å²) >= 11 is 0. The van der Waals surface area contributed by atoms with Crippen LogP contribution in [0.15, 0.2) is 0 Å². The average Bonchev–Trinajstić information content (AvgIpc) is 2.29. The highest BCUT2D eigenvalue weighted by Crippen LogP contribution is 2.31. The molecule has 0 heterocycles. The van der Waals surface area contributed by atoms with Crippen molar-refractivity contribution >= 4 is 5.97 Å². The second kappa shape index (κ2) is 3.89. The van der Waals surface area contributed by atoms with Crippen molar-refractivity contribution in [3.63, 3.8) is 0 Å². The molecule has 0 aromatic carbocycles. The molecular formula is C11H21NO2. The number of carbonyl (C=O) groups excluding carboxylic acids is 1. The van der Waals surface area contributed by atoms with Crippen LogP contribution in [-0.2, 0) is 9.53 Å². The van der Waals surface area contributed by atoms with E-state index in [1.165, 1.54) is 0 Å². The summed E-state index contributed by atoms with van der Waals surface area (Å²) in [6, 6.07) is -0.0233. The van der Waals surface area contributed by atoms with Gasteiger partial charge in [0.05, 0.1) is 5.92 Å². The van der Waals surface area contributed by atoms with Crippen molar-refractivity contribution in [3.05, 3.63) is 0 Å². The smallest absolute Gasteiger partial charge is 0.311 e. The normalized spacial score (nSPS) is 33.1. The monoisotopic (exact) mass is 199 g/mol. The minimum absolute atomic E-state index is 0.0233. The number of hydrogen-bond donors (Lipinski definition) is 1. The van der Waals surface area contributed by atoms with Crippen LogP contribution in [-0.4, -0.2) is 17.6 Å². The van der Waals surface area contributed by atoms with Crippen LogP contribution in [0.4, 0.5) is 0 Å². The van der Waals surface area contributed by atoms with Crippen molar-refractivity contribution in [1.29, 1.82) is 0 Å². The molecule has 0 unspecified atom stereocenters. The molecule has 0 aromatic rings. The Morgan fingerprint density at radius 3 is 2.29 bits per heavy atom. The first-order valence-electron chi connectivity index (χ1n) is 5.29. The summed E-state index contributed by atoms with van der Waals surface area (Å²) in [5, 5.41) is 0. The molecule has 0 radical (unpaired) electrons. The van der Waals surface area contributed by atoms with Crippen molar-refractivity contribution < 1.29 is 9.53 Å². The van der Waals surface area contributed by atoms with Crippen molar-refractivity contribution in [3.8, 4) is 0 Å². The van der Waals surface area contributed by atoms with Crippen LogP contribution >= 0.6 is 0 Å². The minimum atomic E-state index is -0.400. The molecule has 0 saturated heterocycles. The molecule has 3 atom stereocenters. The predicted octanol–water partition coefficient (Wildman–Crippen LogP) is 1.70. The lowest BCUT2D eigenvalue weighted by Crippen LogP contribution is -2.38. The molecule has 3 heteroatoms. The lowest BCUT2D eigenvalue weighted by Gasteiger charge is -2.24. The van der Waals surface area contributed by atoms with Gasteiger partial charge in [-0.15, -0.1) is 0 Å². The fraction of sp³-hybridized carbons (Fsp3) is 0.909. The highest BCUT2D eigenvalue weighted by Gasteiger charge is 2.37. The maximum atomic E-state index is 11.7. The van der Waals surface area contributed by atoms with E-state index in [0.29, 0.717) is 5.92 Å². The molecule has 1 saturated carbocycles. The molecule has 1 aliphatic carbocycles. The Labute approximate surface area is 86.0 Å². The van der Waals surface area contributed by atoms with Crippen molar-refractivity contribution in [2.45, 2.75) is 52.2 Å². The van der Waals surface area contributed by atoms with Crippen molar-refractivity contribution in [2.75, 3.05) is 0 Å². The first-order chi connectivity index (χ1) is 6.31. The molecule has 0 aliphatic heterocycles. The van der Waals surface area contributed by atoms with Crippen LogP contribution in [0.3, 0.4) is 0 Å². The van der Waals surface area contributed by atoms with Crippen LogP contribution < -0.4 is 5.73 Å². The molecule has 0 amide bonds. The predicted molar refractivity (Wildman–Crippen MR) is 55.7 cm³/mol. The number of ether oxygens (including phenoxy) is 1. The van der Waals surface area contributed by atoms with Crippen molar-refractivity contribution in [2.24, 2.45) is 17.6 Å². The number of nitrogens with two attached hydrogens (primary N) is 1. The number of carbonyl (C=O) groups is 1. The summed E-state index contributed by atoms with van der Waals surface area (Å²) in [4.78, 5) is 11.7. The van der Waals surface area contributed by atoms with E-state index in [-0.39, 0.29) is 17.9 Å². The standard InChI is InChI=1S/C11H21NO2/c1-7-5-6-8(9(7)12)10(13)14-11(2,3)4/h7-9H,5-6,12H2,1-4H3/t7-,8+,9-/m0/s1. The fourth-order valence-corrected chi connectivity index (χ4v) is 1.88. The Morgan fingerprint density at radius 2 is 1.93 bits per heavy atom. The van der Waals surface area contributed by atoms with Gasteiger partial charge in [0.25, 0.3) is 0 Å². The lowest BCUT2D eigenvalue weighted by atomic mass is 10.00. The van der Waals surface area contributed by atoms with Gasteiger partial charge in [0.1, 0.15) is 5.60 Å². The zero-order valence-corrected chi connectivity index (χ0v) is 9.54. The molecular weight excluding hydrogens is 178 g/mol. The third-order valence-electron chi connectivity index (χ3n) is 2.76. The van der Waals surface area contributed by atoms with E-state index in [2.05, 4.69) is 6.92 Å². The molecule has 3 nitrogen and oxygen atoms in total. The van der Waals surface area contributed by atoms with Gasteiger partial charge in [-0.1, -0.05) is 6.92 Å². The van der Waals surface area contributed by atoms with Crippen molar-refractivity contribution in [1.82, 2.24) is 0 Å². The summed E-state index contributed by atoms with van der Waals surface area (Å²) in [5.41, 5.74) is 5.54. The minimum Gasteiger partial charge on any atom is -0.460 e. The molecule has 0 spiro atoms. The molecule has 0 aromatic heterocycles. The number of hydrogen-bond acceptors (Lipinski definition) is 3. The zero-order valence-electron chi connectivity index (χ0n) is 9.54. The zero-order chi connectivity index (χ0) is 10.9. The van der Waals surface area contributed by atoms with Gasteiger partial charge in [0.15, 0.2) is 0 Å². The molecule has 1 fully saturated rings. The summed E-state index contributed by atoms with van der Waals surface area (Å²) in [7, 11) is 0. The largest absolute Gasteiger partial charge is 0.460 e. The molecule has 1 rings (SSSR count). The Hall–Kier alpha value is -0.570. The Bertz CT molecular complexity index is 220. The van der Waals surface area contributed by atoms with E-state index in [1.807, 2.05) is 20.8 Å². The first-order valence-corrected chi connectivity index (χ1v) is 5.29. The van der Waals surface area contributed by atoms with Gasteiger partial charge in [-0.2, -0.15) is 0 Å². The van der Waals surface area contributed by atoms with Crippen LogP contribution in [0.1, 0.15) is 40.5 Å². The molecule has 14 heavy (non-hydrogen) atoms. The van der Waals surface area contributed by atoms with E-state index < -0.39 is 5.60 Å². The third-order valence-corrected chi connectivity index (χ3v) is 2.76. The van der Waals surface area contributed by atoms with Gasteiger partial charge in [0, 0.05) is 6.04 Å². The molecule has 0 bridgehead atoms. The molecule has 82 valence electrons. The van der Waals surface area contributed by atoms with Gasteiger partial charge >= 0.3 is 5.97 Å². The Kier molecular flexibility index (Phi) is 3.20. The van der Waals surface area contributed by atoms with Gasteiger partial charge < -0.3 is 10.5 Å². The summed E-state index contributed by atoms with van der Waals surface area (Å²) < 4.78 is 5.32. The highest BCUT2D eigenvalue weighted by molar-refractivity contribution is 5.74. The quantitative estimate of drug-likeness (QED) is 0.654. The van der Waals surface area contributed by atoms with Crippen LogP contribution in [0, 0.1) is 11.8 Å². The van der Waals surface area contributed by atoms with Gasteiger partial charge in [-0.05, 0) is 39.5 Å². The van der Waals surface area contributed by atoms with Crippen LogP contribution in [0.25, 0.3) is 0 Å². The Balaban J connectivity index is 2.54. The highest BCUT2D eigenvalue weighted by atomic mass is 16.6. The topological polar surface area (TPSA) is 52.3 Å². The van der Waals surface area contributed by atoms with Crippen LogP contribution in [0.5, 0.6) is 0 Å². The van der Waals surface area contributed by atoms with E-state index in [9.17, 15) is 4.79 Å². The van der Waals surface area contributed by atoms with E-state index >= 15 is 0 Å². The lowest BCUT2D eigenvalue weighted by molar-refractivity contribution is -0.160. The van der Waals surface area contributed by atoms with E-state index in [4.69, 9.17) is 10.5 Å². The maximum Gasteiger partial charge on any atom is 0.311 e. The summed E-state index contributed by atoms with van der Waals surface area (Å²) in [6.45, 7) is 7.74. The summed E-state index contributed by atoms with van der Waals surface area (Å²) in [5.74, 6) is 0.214.